The molecule has 0 rings (SSSR count). The minimum atomic E-state index is -0.0197. The topological polar surface area (TPSA) is 0 Å². The minimum absolute atomic E-state index is 0.0197. The lowest BCUT2D eigenvalue weighted by atomic mass is 9.61. The fourth-order valence-corrected chi connectivity index (χ4v) is 0.859. The third-order valence-electron chi connectivity index (χ3n) is 2.17. The molecule has 0 aliphatic carbocycles. The average molecular weight is 124 g/mol. The molecule has 0 aromatic heterocycles. The standard InChI is InChI=1S/C8H17B/c1-6(2)7(3)8(4,5)9/h6-7H,1-5H3. The van der Waals surface area contributed by atoms with Gasteiger partial charge in [0.15, 0.2) is 0 Å². The quantitative estimate of drug-likeness (QED) is 0.496. The molecule has 0 amide bonds. The average Bonchev–Trinajstić information content (AvgIpc) is 1.62. The van der Waals surface area contributed by atoms with E-state index in [2.05, 4.69) is 34.6 Å². The maximum atomic E-state index is 5.88. The van der Waals surface area contributed by atoms with Crippen molar-refractivity contribution < 1.29 is 0 Å². The van der Waals surface area contributed by atoms with Crippen LogP contribution in [0.3, 0.4) is 0 Å². The first-order valence-corrected chi connectivity index (χ1v) is 3.64. The summed E-state index contributed by atoms with van der Waals surface area (Å²) in [5, 5.41) is -0.0197. The molecule has 0 aliphatic rings. The summed E-state index contributed by atoms with van der Waals surface area (Å²) in [6.45, 7) is 10.8. The van der Waals surface area contributed by atoms with Crippen molar-refractivity contribution in [3.05, 3.63) is 0 Å². The van der Waals surface area contributed by atoms with Gasteiger partial charge in [-0.1, -0.05) is 39.9 Å². The monoisotopic (exact) mass is 124 g/mol. The van der Waals surface area contributed by atoms with Crippen LogP contribution in [-0.2, 0) is 0 Å². The Labute approximate surface area is 60.4 Å². The highest BCUT2D eigenvalue weighted by Gasteiger charge is 2.21. The molecule has 0 fully saturated rings. The zero-order valence-corrected chi connectivity index (χ0v) is 7.23. The molecular weight excluding hydrogens is 107 g/mol. The summed E-state index contributed by atoms with van der Waals surface area (Å²) in [6, 6.07) is 0. The second-order valence-electron chi connectivity index (χ2n) is 3.85. The highest BCUT2D eigenvalue weighted by atomic mass is 14.2. The third kappa shape index (κ3) is 2.93. The van der Waals surface area contributed by atoms with Crippen molar-refractivity contribution in [3.8, 4) is 0 Å². The van der Waals surface area contributed by atoms with Crippen LogP contribution in [0.25, 0.3) is 0 Å². The van der Waals surface area contributed by atoms with Gasteiger partial charge in [0.1, 0.15) is 0 Å². The van der Waals surface area contributed by atoms with Gasteiger partial charge in [0.2, 0.25) is 0 Å². The molecule has 1 atom stereocenters. The highest BCUT2D eigenvalue weighted by molar-refractivity contribution is 6.14. The first kappa shape index (κ1) is 9.06. The predicted molar refractivity (Wildman–Crippen MR) is 43.8 cm³/mol. The van der Waals surface area contributed by atoms with Crippen LogP contribution < -0.4 is 0 Å². The maximum absolute atomic E-state index is 5.88. The molecule has 0 saturated carbocycles. The molecule has 0 aliphatic heterocycles. The van der Waals surface area contributed by atoms with Gasteiger partial charge in [-0.05, 0) is 11.8 Å². The number of hydrogen-bond donors (Lipinski definition) is 0. The maximum Gasteiger partial charge on any atom is 0.0742 e. The van der Waals surface area contributed by atoms with Gasteiger partial charge in [0.25, 0.3) is 0 Å². The van der Waals surface area contributed by atoms with Crippen LogP contribution in [-0.4, -0.2) is 7.85 Å². The number of rotatable bonds is 2. The lowest BCUT2D eigenvalue weighted by Crippen LogP contribution is -2.19. The van der Waals surface area contributed by atoms with E-state index >= 15 is 0 Å². The van der Waals surface area contributed by atoms with E-state index in [1.807, 2.05) is 0 Å². The molecular formula is C8H17B. The summed E-state index contributed by atoms with van der Waals surface area (Å²) in [4.78, 5) is 0. The van der Waals surface area contributed by atoms with Gasteiger partial charge in [0, 0.05) is 0 Å². The summed E-state index contributed by atoms with van der Waals surface area (Å²) in [5.41, 5.74) is 0. The highest BCUT2D eigenvalue weighted by Crippen LogP contribution is 2.34. The molecule has 0 saturated heterocycles. The van der Waals surface area contributed by atoms with Crippen LogP contribution >= 0.6 is 0 Å². The Bertz CT molecular complexity index is 79.1. The predicted octanol–water partition coefficient (Wildman–Crippen LogP) is 2.65. The van der Waals surface area contributed by atoms with Crippen molar-refractivity contribution in [2.24, 2.45) is 11.8 Å². The Morgan fingerprint density at radius 2 is 1.44 bits per heavy atom. The van der Waals surface area contributed by atoms with Crippen LogP contribution in [0.1, 0.15) is 34.6 Å². The molecule has 0 N–H and O–H groups in total. The second-order valence-corrected chi connectivity index (χ2v) is 3.85. The second kappa shape index (κ2) is 2.77. The zero-order chi connectivity index (χ0) is 7.65. The van der Waals surface area contributed by atoms with Crippen molar-refractivity contribution in [1.82, 2.24) is 0 Å². The molecule has 0 nitrogen and oxygen atoms in total. The van der Waals surface area contributed by atoms with E-state index in [0.29, 0.717) is 11.8 Å². The molecule has 52 valence electrons. The number of hydrogen-bond acceptors (Lipinski definition) is 0. The Morgan fingerprint density at radius 3 is 1.44 bits per heavy atom. The Hall–Kier alpha value is 0.0649. The SMILES string of the molecule is [B]C(C)(C)C(C)C(C)C. The largest absolute Gasteiger partial charge is 0.0742 e. The first-order chi connectivity index (χ1) is 3.85. The lowest BCUT2D eigenvalue weighted by molar-refractivity contribution is 0.332. The van der Waals surface area contributed by atoms with Gasteiger partial charge >= 0.3 is 0 Å². The van der Waals surface area contributed by atoms with E-state index in [9.17, 15) is 0 Å². The summed E-state index contributed by atoms with van der Waals surface area (Å²) in [7, 11) is 5.88. The molecule has 0 heterocycles. The summed E-state index contributed by atoms with van der Waals surface area (Å²) >= 11 is 0. The van der Waals surface area contributed by atoms with Crippen molar-refractivity contribution >= 4 is 7.85 Å². The van der Waals surface area contributed by atoms with Gasteiger partial charge in [-0.25, -0.2) is 0 Å². The van der Waals surface area contributed by atoms with Crippen LogP contribution in [0, 0.1) is 11.8 Å². The smallest absolute Gasteiger partial charge is 0.0689 e. The summed E-state index contributed by atoms with van der Waals surface area (Å²) < 4.78 is 0. The van der Waals surface area contributed by atoms with Gasteiger partial charge < -0.3 is 0 Å². The summed E-state index contributed by atoms with van der Waals surface area (Å²) in [5.74, 6) is 1.28. The Balaban J connectivity index is 3.88. The third-order valence-corrected chi connectivity index (χ3v) is 2.17. The van der Waals surface area contributed by atoms with E-state index in [1.165, 1.54) is 0 Å². The fraction of sp³-hybridized carbons (Fsp3) is 1.00. The van der Waals surface area contributed by atoms with E-state index < -0.39 is 0 Å². The van der Waals surface area contributed by atoms with Crippen molar-refractivity contribution in [2.45, 2.75) is 39.9 Å². The lowest BCUT2D eigenvalue weighted by Gasteiger charge is -2.30. The van der Waals surface area contributed by atoms with Crippen molar-refractivity contribution in [1.29, 1.82) is 0 Å². The molecule has 1 heteroatoms. The van der Waals surface area contributed by atoms with Gasteiger partial charge in [-0.2, -0.15) is 0 Å². The molecule has 9 heavy (non-hydrogen) atoms. The first-order valence-electron chi connectivity index (χ1n) is 3.64. The van der Waals surface area contributed by atoms with Gasteiger partial charge in [-0.15, -0.1) is 0 Å². The molecule has 1 unspecified atom stereocenters. The zero-order valence-electron chi connectivity index (χ0n) is 7.23. The molecule has 0 bridgehead atoms. The van der Waals surface area contributed by atoms with Crippen molar-refractivity contribution in [3.63, 3.8) is 0 Å². The van der Waals surface area contributed by atoms with E-state index in [1.54, 1.807) is 0 Å². The van der Waals surface area contributed by atoms with E-state index in [-0.39, 0.29) is 5.31 Å². The molecule has 2 radical (unpaired) electrons. The van der Waals surface area contributed by atoms with Crippen LogP contribution in [0.5, 0.6) is 0 Å². The van der Waals surface area contributed by atoms with Crippen LogP contribution in [0.15, 0.2) is 0 Å². The van der Waals surface area contributed by atoms with Crippen LogP contribution in [0.2, 0.25) is 5.31 Å². The molecule has 0 aromatic rings. The van der Waals surface area contributed by atoms with E-state index in [0.717, 1.165) is 0 Å². The Morgan fingerprint density at radius 1 is 1.11 bits per heavy atom. The summed E-state index contributed by atoms with van der Waals surface area (Å²) in [6.07, 6.45) is 0. The Kier molecular flexibility index (Phi) is 2.79. The van der Waals surface area contributed by atoms with Crippen molar-refractivity contribution in [2.75, 3.05) is 0 Å². The fourth-order valence-electron chi connectivity index (χ4n) is 0.859. The normalized spacial score (nSPS) is 16.2. The molecule has 0 spiro atoms. The minimum Gasteiger partial charge on any atom is -0.0689 e. The van der Waals surface area contributed by atoms with Gasteiger partial charge in [-0.3, -0.25) is 0 Å². The van der Waals surface area contributed by atoms with E-state index in [4.69, 9.17) is 7.85 Å². The van der Waals surface area contributed by atoms with Gasteiger partial charge in [0.05, 0.1) is 7.85 Å². The molecule has 0 aromatic carbocycles. The van der Waals surface area contributed by atoms with Crippen LogP contribution in [0.4, 0.5) is 0 Å².